The average Bonchev–Trinajstić information content (AvgIpc) is 2.45. The summed E-state index contributed by atoms with van der Waals surface area (Å²) in [5.41, 5.74) is 0.577. The summed E-state index contributed by atoms with van der Waals surface area (Å²) in [6.45, 7) is 0. The van der Waals surface area contributed by atoms with Crippen molar-refractivity contribution in [3.05, 3.63) is 54.2 Å². The van der Waals surface area contributed by atoms with Gasteiger partial charge in [-0.2, -0.15) is 0 Å². The molecule has 0 N–H and O–H groups in total. The smallest absolute Gasteiger partial charge is 0.339 e. The standard InChI is InChI=1S/C13H11NO2S2/c1-16-13(15)10-6-2-3-7-11(10)17-18-12-8-4-5-9-14-12/h2-9H,1H3. The van der Waals surface area contributed by atoms with Gasteiger partial charge >= 0.3 is 5.97 Å². The summed E-state index contributed by atoms with van der Waals surface area (Å²) in [7, 11) is 4.40. The molecule has 0 bridgehead atoms. The van der Waals surface area contributed by atoms with Gasteiger partial charge in [0.1, 0.15) is 5.03 Å². The number of carbonyl (C=O) groups excluding carboxylic acids is 1. The molecule has 0 unspecified atom stereocenters. The van der Waals surface area contributed by atoms with Crippen molar-refractivity contribution in [1.82, 2.24) is 4.98 Å². The lowest BCUT2D eigenvalue weighted by Crippen LogP contribution is -2.02. The summed E-state index contributed by atoms with van der Waals surface area (Å²) >= 11 is 0. The van der Waals surface area contributed by atoms with Crippen molar-refractivity contribution in [2.45, 2.75) is 9.92 Å². The zero-order chi connectivity index (χ0) is 12.8. The Labute approximate surface area is 113 Å². The van der Waals surface area contributed by atoms with E-state index in [4.69, 9.17) is 4.74 Å². The summed E-state index contributed by atoms with van der Waals surface area (Å²) < 4.78 is 4.75. The molecule has 0 amide bonds. The molecule has 0 aliphatic carbocycles. The SMILES string of the molecule is COC(=O)c1ccccc1SSc1ccccn1. The van der Waals surface area contributed by atoms with Crippen LogP contribution in [0, 0.1) is 0 Å². The molecule has 1 heterocycles. The van der Waals surface area contributed by atoms with Gasteiger partial charge in [0.2, 0.25) is 0 Å². The number of nitrogens with zero attached hydrogens (tertiary/aromatic N) is 1. The monoisotopic (exact) mass is 277 g/mol. The van der Waals surface area contributed by atoms with E-state index in [0.717, 1.165) is 9.92 Å². The Balaban J connectivity index is 2.12. The Morgan fingerprint density at radius 1 is 1.11 bits per heavy atom. The van der Waals surface area contributed by atoms with Gasteiger partial charge in [0.15, 0.2) is 0 Å². The number of aromatic nitrogens is 1. The molecule has 0 saturated carbocycles. The summed E-state index contributed by atoms with van der Waals surface area (Å²) in [4.78, 5) is 16.7. The van der Waals surface area contributed by atoms with E-state index in [9.17, 15) is 4.79 Å². The van der Waals surface area contributed by atoms with Crippen molar-refractivity contribution >= 4 is 27.6 Å². The van der Waals surface area contributed by atoms with Crippen LogP contribution >= 0.6 is 21.6 Å². The molecule has 0 aliphatic heterocycles. The Morgan fingerprint density at radius 2 is 1.89 bits per heavy atom. The van der Waals surface area contributed by atoms with E-state index in [0.29, 0.717) is 5.56 Å². The third-order valence-corrected chi connectivity index (χ3v) is 4.48. The minimum atomic E-state index is -0.320. The van der Waals surface area contributed by atoms with E-state index < -0.39 is 0 Å². The van der Waals surface area contributed by atoms with Crippen LogP contribution in [0.2, 0.25) is 0 Å². The molecule has 5 heteroatoms. The maximum Gasteiger partial charge on any atom is 0.339 e. The Morgan fingerprint density at radius 3 is 2.61 bits per heavy atom. The molecule has 0 radical (unpaired) electrons. The fraction of sp³-hybridized carbons (Fsp3) is 0.0769. The summed E-state index contributed by atoms with van der Waals surface area (Å²) in [5, 5.41) is 0.905. The van der Waals surface area contributed by atoms with Crippen molar-refractivity contribution in [3.63, 3.8) is 0 Å². The molecule has 3 nitrogen and oxygen atoms in total. The maximum absolute atomic E-state index is 11.6. The number of hydrogen-bond acceptors (Lipinski definition) is 5. The first-order valence-electron chi connectivity index (χ1n) is 5.24. The largest absolute Gasteiger partial charge is 0.465 e. The van der Waals surface area contributed by atoms with Gasteiger partial charge in [0.25, 0.3) is 0 Å². The highest BCUT2D eigenvalue weighted by atomic mass is 33.1. The Bertz CT molecular complexity index is 532. The van der Waals surface area contributed by atoms with E-state index in [1.165, 1.54) is 28.7 Å². The number of ether oxygens (including phenoxy) is 1. The van der Waals surface area contributed by atoms with Crippen LogP contribution in [0.15, 0.2) is 58.6 Å². The van der Waals surface area contributed by atoms with E-state index in [-0.39, 0.29) is 5.97 Å². The van der Waals surface area contributed by atoms with E-state index >= 15 is 0 Å². The zero-order valence-corrected chi connectivity index (χ0v) is 11.3. The average molecular weight is 277 g/mol. The van der Waals surface area contributed by atoms with Crippen LogP contribution in [-0.2, 0) is 4.74 Å². The van der Waals surface area contributed by atoms with Crippen LogP contribution in [0.1, 0.15) is 10.4 Å². The van der Waals surface area contributed by atoms with Crippen LogP contribution in [0.5, 0.6) is 0 Å². The summed E-state index contributed by atoms with van der Waals surface area (Å²) in [5.74, 6) is -0.320. The minimum absolute atomic E-state index is 0.320. The van der Waals surface area contributed by atoms with E-state index in [1.807, 2.05) is 36.4 Å². The molecule has 0 atom stereocenters. The number of pyridine rings is 1. The van der Waals surface area contributed by atoms with Crippen LogP contribution in [0.4, 0.5) is 0 Å². The lowest BCUT2D eigenvalue weighted by atomic mass is 10.2. The summed E-state index contributed by atoms with van der Waals surface area (Å²) in [6, 6.07) is 13.1. The van der Waals surface area contributed by atoms with E-state index in [2.05, 4.69) is 4.98 Å². The molecule has 2 rings (SSSR count). The lowest BCUT2D eigenvalue weighted by molar-refractivity contribution is 0.0597. The molecular formula is C13H11NO2S2. The second kappa shape index (κ2) is 6.47. The first kappa shape index (κ1) is 13.0. The van der Waals surface area contributed by atoms with Crippen LogP contribution < -0.4 is 0 Å². The number of benzene rings is 1. The van der Waals surface area contributed by atoms with Crippen molar-refractivity contribution in [2.24, 2.45) is 0 Å². The van der Waals surface area contributed by atoms with Crippen LogP contribution in [-0.4, -0.2) is 18.1 Å². The highest BCUT2D eigenvalue weighted by molar-refractivity contribution is 8.76. The van der Waals surface area contributed by atoms with Crippen molar-refractivity contribution in [3.8, 4) is 0 Å². The van der Waals surface area contributed by atoms with Gasteiger partial charge in [-0.1, -0.05) is 29.0 Å². The lowest BCUT2D eigenvalue weighted by Gasteiger charge is -2.06. The summed E-state index contributed by atoms with van der Waals surface area (Å²) in [6.07, 6.45) is 1.75. The number of carbonyl (C=O) groups is 1. The van der Waals surface area contributed by atoms with Crippen LogP contribution in [0.25, 0.3) is 0 Å². The number of esters is 1. The highest BCUT2D eigenvalue weighted by Gasteiger charge is 2.11. The third kappa shape index (κ3) is 3.27. The minimum Gasteiger partial charge on any atom is -0.465 e. The fourth-order valence-electron chi connectivity index (χ4n) is 1.30. The molecule has 1 aromatic heterocycles. The molecule has 2 aromatic rings. The Hall–Kier alpha value is -1.46. The zero-order valence-electron chi connectivity index (χ0n) is 9.70. The number of hydrogen-bond donors (Lipinski definition) is 0. The molecular weight excluding hydrogens is 266 g/mol. The normalized spacial score (nSPS) is 10.1. The quantitative estimate of drug-likeness (QED) is 0.630. The number of rotatable bonds is 4. The van der Waals surface area contributed by atoms with Crippen LogP contribution in [0.3, 0.4) is 0 Å². The first-order valence-corrected chi connectivity index (χ1v) is 7.39. The fourth-order valence-corrected chi connectivity index (χ4v) is 3.35. The second-order valence-electron chi connectivity index (χ2n) is 3.32. The third-order valence-electron chi connectivity index (χ3n) is 2.15. The number of methoxy groups -OCH3 is 1. The van der Waals surface area contributed by atoms with Gasteiger partial charge in [0.05, 0.1) is 12.7 Å². The first-order chi connectivity index (χ1) is 8.81. The predicted molar refractivity (Wildman–Crippen MR) is 73.7 cm³/mol. The molecule has 0 aliphatic rings. The van der Waals surface area contributed by atoms with Gasteiger partial charge in [0, 0.05) is 11.1 Å². The van der Waals surface area contributed by atoms with Gasteiger partial charge in [-0.25, -0.2) is 9.78 Å². The maximum atomic E-state index is 11.6. The van der Waals surface area contributed by atoms with Crippen molar-refractivity contribution < 1.29 is 9.53 Å². The molecule has 0 fully saturated rings. The Kier molecular flexibility index (Phi) is 4.66. The molecule has 18 heavy (non-hydrogen) atoms. The molecule has 0 spiro atoms. The van der Waals surface area contributed by atoms with Gasteiger partial charge < -0.3 is 4.74 Å². The van der Waals surface area contributed by atoms with Gasteiger partial charge in [-0.05, 0) is 35.1 Å². The second-order valence-corrected chi connectivity index (χ2v) is 5.51. The van der Waals surface area contributed by atoms with Crippen molar-refractivity contribution in [1.29, 1.82) is 0 Å². The molecule has 92 valence electrons. The topological polar surface area (TPSA) is 39.2 Å². The van der Waals surface area contributed by atoms with E-state index in [1.54, 1.807) is 12.3 Å². The van der Waals surface area contributed by atoms with Crippen molar-refractivity contribution in [2.75, 3.05) is 7.11 Å². The van der Waals surface area contributed by atoms with Gasteiger partial charge in [-0.15, -0.1) is 0 Å². The highest BCUT2D eigenvalue weighted by Crippen LogP contribution is 2.37. The van der Waals surface area contributed by atoms with Gasteiger partial charge in [-0.3, -0.25) is 0 Å². The molecule has 1 aromatic carbocycles. The molecule has 0 saturated heterocycles. The predicted octanol–water partition coefficient (Wildman–Crippen LogP) is 3.67.